The number of pyridine rings is 1. The molecule has 0 unspecified atom stereocenters. The number of carbonyl (C=O) groups is 2. The van der Waals surface area contributed by atoms with Crippen LogP contribution >= 0.6 is 0 Å². The van der Waals surface area contributed by atoms with E-state index < -0.39 is 6.04 Å². The SMILES string of the molecule is COc1ccc(Nc2nc(NC3CC3)ncc2C#CCCCNC(=O)[C@H](C)N(C)C(=O)C=CCN(C)C)cn1. The molecule has 3 rings (SSSR count). The van der Waals surface area contributed by atoms with E-state index in [0.717, 1.165) is 18.5 Å². The van der Waals surface area contributed by atoms with Crippen LogP contribution in [0.1, 0.15) is 38.2 Å². The number of rotatable bonds is 13. The first-order valence-corrected chi connectivity index (χ1v) is 13.0. The number of carbonyl (C=O) groups excluding carboxylic acids is 2. The number of nitrogens with one attached hydrogen (secondary N) is 3. The molecule has 1 atom stereocenters. The monoisotopic (exact) mass is 534 g/mol. The number of aromatic nitrogens is 3. The molecule has 2 aromatic rings. The first kappa shape index (κ1) is 29.4. The van der Waals surface area contributed by atoms with Gasteiger partial charge in [0.05, 0.1) is 30.8 Å². The topological polar surface area (TPSA) is 125 Å². The van der Waals surface area contributed by atoms with Gasteiger partial charge in [0.1, 0.15) is 6.04 Å². The Morgan fingerprint density at radius 3 is 2.67 bits per heavy atom. The summed E-state index contributed by atoms with van der Waals surface area (Å²) in [5, 5.41) is 9.45. The molecule has 1 aliphatic carbocycles. The lowest BCUT2D eigenvalue weighted by molar-refractivity contribution is -0.135. The molecule has 0 radical (unpaired) electrons. The molecule has 1 aliphatic rings. The first-order chi connectivity index (χ1) is 18.8. The highest BCUT2D eigenvalue weighted by atomic mass is 16.5. The third kappa shape index (κ3) is 9.90. The Labute approximate surface area is 230 Å². The number of hydrogen-bond acceptors (Lipinski definition) is 9. The van der Waals surface area contributed by atoms with E-state index >= 15 is 0 Å². The van der Waals surface area contributed by atoms with Crippen LogP contribution in [0.5, 0.6) is 5.88 Å². The normalized spacial score (nSPS) is 13.4. The number of nitrogens with zero attached hydrogens (tertiary/aromatic N) is 5. The zero-order chi connectivity index (χ0) is 28.2. The van der Waals surface area contributed by atoms with Crippen molar-refractivity contribution in [3.8, 4) is 17.7 Å². The average Bonchev–Trinajstić information content (AvgIpc) is 3.74. The average molecular weight is 535 g/mol. The van der Waals surface area contributed by atoms with Crippen molar-refractivity contribution in [2.45, 2.75) is 44.7 Å². The van der Waals surface area contributed by atoms with Gasteiger partial charge in [-0.2, -0.15) is 4.98 Å². The minimum Gasteiger partial charge on any atom is -0.481 e. The summed E-state index contributed by atoms with van der Waals surface area (Å²) in [5.41, 5.74) is 1.41. The lowest BCUT2D eigenvalue weighted by atomic mass is 10.2. The summed E-state index contributed by atoms with van der Waals surface area (Å²) in [6.45, 7) is 2.83. The van der Waals surface area contributed by atoms with Gasteiger partial charge >= 0.3 is 0 Å². The second-order valence-corrected chi connectivity index (χ2v) is 9.57. The van der Waals surface area contributed by atoms with Gasteiger partial charge in [-0.1, -0.05) is 17.9 Å². The quantitative estimate of drug-likeness (QED) is 0.202. The zero-order valence-corrected chi connectivity index (χ0v) is 23.3. The Hall–Kier alpha value is -4.17. The van der Waals surface area contributed by atoms with Crippen LogP contribution in [0.25, 0.3) is 0 Å². The Morgan fingerprint density at radius 1 is 1.21 bits per heavy atom. The maximum absolute atomic E-state index is 12.5. The van der Waals surface area contributed by atoms with Crippen molar-refractivity contribution >= 4 is 29.3 Å². The lowest BCUT2D eigenvalue weighted by Crippen LogP contribution is -2.45. The van der Waals surface area contributed by atoms with Gasteiger partial charge in [-0.25, -0.2) is 9.97 Å². The van der Waals surface area contributed by atoms with Crippen LogP contribution < -0.4 is 20.7 Å². The summed E-state index contributed by atoms with van der Waals surface area (Å²) in [6, 6.07) is 3.47. The molecule has 3 N–H and O–H groups in total. The van der Waals surface area contributed by atoms with E-state index in [-0.39, 0.29) is 11.8 Å². The van der Waals surface area contributed by atoms with Crippen molar-refractivity contribution in [3.05, 3.63) is 42.2 Å². The second kappa shape index (κ2) is 14.7. The molecule has 0 aliphatic heterocycles. The van der Waals surface area contributed by atoms with E-state index in [1.807, 2.05) is 25.1 Å². The fourth-order valence-corrected chi connectivity index (χ4v) is 3.30. The molecule has 2 heterocycles. The maximum atomic E-state index is 12.5. The van der Waals surface area contributed by atoms with Crippen LogP contribution in [0.15, 0.2) is 36.7 Å². The molecule has 0 spiro atoms. The number of hydrogen-bond donors (Lipinski definition) is 3. The minimum absolute atomic E-state index is 0.202. The van der Waals surface area contributed by atoms with Crippen molar-refractivity contribution in [1.29, 1.82) is 0 Å². The van der Waals surface area contributed by atoms with Crippen LogP contribution in [0.3, 0.4) is 0 Å². The van der Waals surface area contributed by atoms with E-state index in [1.165, 1.54) is 11.0 Å². The number of amides is 2. The number of ether oxygens (including phenoxy) is 1. The summed E-state index contributed by atoms with van der Waals surface area (Å²) in [7, 11) is 7.04. The molecule has 39 heavy (non-hydrogen) atoms. The molecular weight excluding hydrogens is 496 g/mol. The van der Waals surface area contributed by atoms with Gasteiger partial charge in [-0.05, 0) is 46.3 Å². The molecule has 0 aromatic carbocycles. The van der Waals surface area contributed by atoms with Gasteiger partial charge < -0.3 is 30.5 Å². The molecule has 1 saturated carbocycles. The first-order valence-electron chi connectivity index (χ1n) is 13.0. The van der Waals surface area contributed by atoms with E-state index in [4.69, 9.17) is 4.74 Å². The summed E-state index contributed by atoms with van der Waals surface area (Å²) < 4.78 is 5.12. The van der Waals surface area contributed by atoms with Gasteiger partial charge in [-0.15, -0.1) is 0 Å². The molecule has 2 aromatic heterocycles. The number of unbranched alkanes of at least 4 members (excludes halogenated alkanes) is 1. The summed E-state index contributed by atoms with van der Waals surface area (Å²) in [4.78, 5) is 41.4. The predicted molar refractivity (Wildman–Crippen MR) is 152 cm³/mol. The van der Waals surface area contributed by atoms with Crippen LogP contribution in [0.2, 0.25) is 0 Å². The smallest absolute Gasteiger partial charge is 0.246 e. The third-order valence-electron chi connectivity index (χ3n) is 5.95. The van der Waals surface area contributed by atoms with Crippen molar-refractivity contribution < 1.29 is 14.3 Å². The fraction of sp³-hybridized carbons (Fsp3) is 0.464. The largest absolute Gasteiger partial charge is 0.481 e. The van der Waals surface area contributed by atoms with Crippen molar-refractivity contribution in [1.82, 2.24) is 30.1 Å². The maximum Gasteiger partial charge on any atom is 0.246 e. The number of methoxy groups -OCH3 is 1. The highest BCUT2D eigenvalue weighted by molar-refractivity contribution is 5.92. The van der Waals surface area contributed by atoms with Crippen molar-refractivity contribution in [2.24, 2.45) is 0 Å². The Kier molecular flexibility index (Phi) is 11.1. The number of anilines is 3. The molecule has 0 saturated heterocycles. The van der Waals surface area contributed by atoms with E-state index in [0.29, 0.717) is 55.2 Å². The predicted octanol–water partition coefficient (Wildman–Crippen LogP) is 2.41. The van der Waals surface area contributed by atoms with E-state index in [1.54, 1.807) is 45.6 Å². The summed E-state index contributed by atoms with van der Waals surface area (Å²) in [5.74, 6) is 7.53. The summed E-state index contributed by atoms with van der Waals surface area (Å²) >= 11 is 0. The molecule has 2 amide bonds. The van der Waals surface area contributed by atoms with Crippen LogP contribution in [-0.4, -0.2) is 90.0 Å². The van der Waals surface area contributed by atoms with Crippen molar-refractivity contribution in [3.63, 3.8) is 0 Å². The van der Waals surface area contributed by atoms with Crippen LogP contribution in [-0.2, 0) is 9.59 Å². The molecule has 0 bridgehead atoms. The van der Waals surface area contributed by atoms with Gasteiger partial charge in [0.2, 0.25) is 23.6 Å². The standard InChI is InChI=1S/C28H38N8O3/c1-20(36(4)25(37)11-9-17-35(2)3)27(38)29-16-8-6-7-10-21-18-31-28(33-22-12-13-22)34-26(21)32-23-14-15-24(39-5)30-19-23/h9,11,14-15,18-20,22H,6,8,12-13,16-17H2,1-5H3,(H,29,38)(H2,31,32,33,34)/t20-/m0/s1. The molecular formula is C28H38N8O3. The Balaban J connectivity index is 1.52. The third-order valence-corrected chi connectivity index (χ3v) is 5.95. The van der Waals surface area contributed by atoms with Gasteiger partial charge in [0, 0.05) is 44.7 Å². The Morgan fingerprint density at radius 2 is 2.00 bits per heavy atom. The number of likely N-dealkylation sites (N-methyl/N-ethyl adjacent to an activating group) is 2. The van der Waals surface area contributed by atoms with Crippen LogP contribution in [0.4, 0.5) is 17.5 Å². The van der Waals surface area contributed by atoms with E-state index in [9.17, 15) is 9.59 Å². The highest BCUT2D eigenvalue weighted by Gasteiger charge is 2.22. The Bertz CT molecular complexity index is 1200. The molecule has 11 nitrogen and oxygen atoms in total. The highest BCUT2D eigenvalue weighted by Crippen LogP contribution is 2.25. The van der Waals surface area contributed by atoms with Gasteiger partial charge in [0.15, 0.2) is 5.82 Å². The minimum atomic E-state index is -0.575. The fourth-order valence-electron chi connectivity index (χ4n) is 3.30. The second-order valence-electron chi connectivity index (χ2n) is 9.57. The van der Waals surface area contributed by atoms with Gasteiger partial charge in [0.25, 0.3) is 0 Å². The van der Waals surface area contributed by atoms with Crippen LogP contribution in [0, 0.1) is 11.8 Å². The molecule has 208 valence electrons. The van der Waals surface area contributed by atoms with Crippen molar-refractivity contribution in [2.75, 3.05) is 52.0 Å². The lowest BCUT2D eigenvalue weighted by Gasteiger charge is -2.23. The zero-order valence-electron chi connectivity index (χ0n) is 23.3. The molecule has 1 fully saturated rings. The van der Waals surface area contributed by atoms with Gasteiger partial charge in [-0.3, -0.25) is 9.59 Å². The van der Waals surface area contributed by atoms with E-state index in [2.05, 4.69) is 42.7 Å². The summed E-state index contributed by atoms with van der Waals surface area (Å²) in [6.07, 6.45) is 10.1. The molecule has 11 heteroatoms.